The lowest BCUT2D eigenvalue weighted by molar-refractivity contribution is 0.117. The molecule has 1 saturated carbocycles. The van der Waals surface area contributed by atoms with Crippen molar-refractivity contribution in [2.75, 3.05) is 13.6 Å². The summed E-state index contributed by atoms with van der Waals surface area (Å²) in [5.41, 5.74) is 1.47. The Labute approximate surface area is 73.9 Å². The number of likely N-dealkylation sites (N-methyl/N-ethyl adjacent to an activating group) is 1. The maximum atomic E-state index is 9.50. The van der Waals surface area contributed by atoms with Gasteiger partial charge < -0.3 is 5.11 Å². The summed E-state index contributed by atoms with van der Waals surface area (Å²) in [5.74, 6) is 0. The van der Waals surface area contributed by atoms with E-state index in [1.165, 1.54) is 31.3 Å². The predicted octanol–water partition coefficient (Wildman–Crippen LogP) is 1.16. The van der Waals surface area contributed by atoms with Crippen LogP contribution in [0.1, 0.15) is 25.7 Å². The topological polar surface area (TPSA) is 23.5 Å². The van der Waals surface area contributed by atoms with Crippen molar-refractivity contribution in [1.29, 1.82) is 0 Å². The molecule has 0 bridgehead atoms. The van der Waals surface area contributed by atoms with Gasteiger partial charge in [-0.2, -0.15) is 0 Å². The van der Waals surface area contributed by atoms with Crippen molar-refractivity contribution in [3.05, 3.63) is 11.6 Å². The van der Waals surface area contributed by atoms with E-state index >= 15 is 0 Å². The van der Waals surface area contributed by atoms with Crippen LogP contribution in [0.25, 0.3) is 0 Å². The number of hydrogen-bond acceptors (Lipinski definition) is 2. The minimum Gasteiger partial charge on any atom is -0.388 e. The summed E-state index contributed by atoms with van der Waals surface area (Å²) >= 11 is 0. The smallest absolute Gasteiger partial charge is 0.0851 e. The molecule has 0 aromatic carbocycles. The van der Waals surface area contributed by atoms with Gasteiger partial charge in [0.1, 0.15) is 0 Å². The number of aliphatic hydroxyl groups excluding tert-OH is 1. The third-order valence-corrected chi connectivity index (χ3v) is 3.03. The minimum absolute atomic E-state index is 0.223. The van der Waals surface area contributed by atoms with Gasteiger partial charge in [-0.3, -0.25) is 4.90 Å². The van der Waals surface area contributed by atoms with Crippen LogP contribution in [0.3, 0.4) is 0 Å². The van der Waals surface area contributed by atoms with E-state index in [9.17, 15) is 5.11 Å². The van der Waals surface area contributed by atoms with Gasteiger partial charge in [0.2, 0.25) is 0 Å². The highest BCUT2D eigenvalue weighted by Crippen LogP contribution is 2.30. The molecule has 0 saturated heterocycles. The number of β-amino-alcohol motifs (C(OH)–C–C–N with tert-alkyl or cyclic N) is 1. The molecular weight excluding hydrogens is 150 g/mol. The van der Waals surface area contributed by atoms with Crippen molar-refractivity contribution in [3.63, 3.8) is 0 Å². The molecule has 0 amide bonds. The van der Waals surface area contributed by atoms with E-state index in [0.29, 0.717) is 6.04 Å². The lowest BCUT2D eigenvalue weighted by Crippen LogP contribution is -2.43. The Kier molecular flexibility index (Phi) is 2.20. The van der Waals surface area contributed by atoms with Crippen LogP contribution in [0.2, 0.25) is 0 Å². The molecule has 1 fully saturated rings. The SMILES string of the molecule is CN1CC(O)C=C2CCCC[C@H]21. The number of hydrogen-bond donors (Lipinski definition) is 1. The normalized spacial score (nSPS) is 37.3. The van der Waals surface area contributed by atoms with Crippen LogP contribution in [-0.2, 0) is 0 Å². The third-order valence-electron chi connectivity index (χ3n) is 3.03. The summed E-state index contributed by atoms with van der Waals surface area (Å²) in [4.78, 5) is 2.29. The van der Waals surface area contributed by atoms with E-state index in [0.717, 1.165) is 6.54 Å². The summed E-state index contributed by atoms with van der Waals surface area (Å²) in [6.45, 7) is 0.814. The molecule has 2 nitrogen and oxygen atoms in total. The summed E-state index contributed by atoms with van der Waals surface area (Å²) in [6.07, 6.45) is 7.00. The van der Waals surface area contributed by atoms with Gasteiger partial charge in [0.15, 0.2) is 0 Å². The molecule has 0 radical (unpaired) electrons. The van der Waals surface area contributed by atoms with Crippen molar-refractivity contribution in [3.8, 4) is 0 Å². The number of aliphatic hydroxyl groups is 1. The third kappa shape index (κ3) is 1.41. The van der Waals surface area contributed by atoms with Crippen LogP contribution in [0.4, 0.5) is 0 Å². The monoisotopic (exact) mass is 167 g/mol. The fraction of sp³-hybridized carbons (Fsp3) is 0.800. The molecule has 1 aliphatic carbocycles. The van der Waals surface area contributed by atoms with Gasteiger partial charge in [-0.1, -0.05) is 18.1 Å². The molecular formula is C10H17NO. The first kappa shape index (κ1) is 8.27. The summed E-state index contributed by atoms with van der Waals surface area (Å²) in [5, 5.41) is 9.50. The van der Waals surface area contributed by atoms with Crippen LogP contribution >= 0.6 is 0 Å². The highest BCUT2D eigenvalue weighted by atomic mass is 16.3. The Balaban J connectivity index is 2.17. The van der Waals surface area contributed by atoms with Crippen LogP contribution in [0, 0.1) is 0 Å². The number of nitrogens with zero attached hydrogens (tertiary/aromatic N) is 1. The molecule has 2 rings (SSSR count). The van der Waals surface area contributed by atoms with Crippen LogP contribution in [0.15, 0.2) is 11.6 Å². The van der Waals surface area contributed by atoms with Crippen LogP contribution in [0.5, 0.6) is 0 Å². The maximum absolute atomic E-state index is 9.50. The molecule has 12 heavy (non-hydrogen) atoms. The Morgan fingerprint density at radius 2 is 2.33 bits per heavy atom. The van der Waals surface area contributed by atoms with Crippen molar-refractivity contribution in [1.82, 2.24) is 4.90 Å². The molecule has 68 valence electrons. The average molecular weight is 167 g/mol. The zero-order valence-electron chi connectivity index (χ0n) is 7.66. The zero-order valence-corrected chi connectivity index (χ0v) is 7.66. The molecule has 1 aliphatic heterocycles. The van der Waals surface area contributed by atoms with Crippen LogP contribution in [-0.4, -0.2) is 35.7 Å². The fourth-order valence-electron chi connectivity index (χ4n) is 2.44. The highest BCUT2D eigenvalue weighted by molar-refractivity contribution is 5.18. The van der Waals surface area contributed by atoms with E-state index in [1.54, 1.807) is 0 Å². The molecule has 2 heteroatoms. The fourth-order valence-corrected chi connectivity index (χ4v) is 2.44. The summed E-state index contributed by atoms with van der Waals surface area (Å²) in [7, 11) is 2.12. The van der Waals surface area contributed by atoms with Gasteiger partial charge in [0.25, 0.3) is 0 Å². The molecule has 0 aromatic heterocycles. The van der Waals surface area contributed by atoms with Gasteiger partial charge in [0.05, 0.1) is 6.10 Å². The van der Waals surface area contributed by atoms with Gasteiger partial charge in [-0.25, -0.2) is 0 Å². The Morgan fingerprint density at radius 3 is 3.17 bits per heavy atom. The van der Waals surface area contributed by atoms with Crippen molar-refractivity contribution >= 4 is 0 Å². The first-order valence-electron chi connectivity index (χ1n) is 4.86. The Bertz CT molecular complexity index is 200. The molecule has 1 unspecified atom stereocenters. The Morgan fingerprint density at radius 1 is 1.50 bits per heavy atom. The van der Waals surface area contributed by atoms with E-state index in [2.05, 4.69) is 18.0 Å². The second-order valence-electron chi connectivity index (χ2n) is 4.01. The van der Waals surface area contributed by atoms with E-state index in [4.69, 9.17) is 0 Å². The van der Waals surface area contributed by atoms with Gasteiger partial charge in [0, 0.05) is 12.6 Å². The second-order valence-corrected chi connectivity index (χ2v) is 4.01. The van der Waals surface area contributed by atoms with Crippen molar-refractivity contribution in [2.24, 2.45) is 0 Å². The summed E-state index contributed by atoms with van der Waals surface area (Å²) < 4.78 is 0. The largest absolute Gasteiger partial charge is 0.388 e. The first-order chi connectivity index (χ1) is 5.77. The lowest BCUT2D eigenvalue weighted by Gasteiger charge is -2.38. The molecule has 0 aromatic rings. The standard InChI is InChI=1S/C10H17NO/c1-11-7-9(12)6-8-4-2-3-5-10(8)11/h6,9-10,12H,2-5,7H2,1H3/t9?,10-/m1/s1. The maximum Gasteiger partial charge on any atom is 0.0851 e. The van der Waals surface area contributed by atoms with Gasteiger partial charge in [-0.15, -0.1) is 0 Å². The summed E-state index contributed by atoms with van der Waals surface area (Å²) in [6, 6.07) is 0.641. The van der Waals surface area contributed by atoms with Gasteiger partial charge in [-0.05, 0) is 26.3 Å². The van der Waals surface area contributed by atoms with Gasteiger partial charge >= 0.3 is 0 Å². The molecule has 0 spiro atoms. The van der Waals surface area contributed by atoms with E-state index in [-0.39, 0.29) is 6.10 Å². The van der Waals surface area contributed by atoms with E-state index in [1.807, 2.05) is 0 Å². The molecule has 2 aliphatic rings. The van der Waals surface area contributed by atoms with Crippen molar-refractivity contribution < 1.29 is 5.11 Å². The zero-order chi connectivity index (χ0) is 8.55. The second kappa shape index (κ2) is 3.19. The molecule has 2 atom stereocenters. The van der Waals surface area contributed by atoms with Crippen LogP contribution < -0.4 is 0 Å². The molecule has 1 heterocycles. The quantitative estimate of drug-likeness (QED) is 0.547. The highest BCUT2D eigenvalue weighted by Gasteiger charge is 2.27. The Hall–Kier alpha value is -0.340. The number of rotatable bonds is 0. The van der Waals surface area contributed by atoms with E-state index < -0.39 is 0 Å². The lowest BCUT2D eigenvalue weighted by atomic mass is 9.86. The molecule has 1 N–H and O–H groups in total. The van der Waals surface area contributed by atoms with Crippen molar-refractivity contribution in [2.45, 2.75) is 37.8 Å². The minimum atomic E-state index is -0.223. The average Bonchev–Trinajstić information content (AvgIpc) is 2.04. The predicted molar refractivity (Wildman–Crippen MR) is 49.0 cm³/mol. The number of fused-ring (bicyclic) bond motifs is 1. The first-order valence-corrected chi connectivity index (χ1v) is 4.86.